The fraction of sp³-hybridized carbons (Fsp3) is 0.190. The molecule has 0 fully saturated rings. The maximum absolute atomic E-state index is 12.7. The first-order valence-electron chi connectivity index (χ1n) is 8.70. The first kappa shape index (κ1) is 17.0. The van der Waals surface area contributed by atoms with Gasteiger partial charge in [0.25, 0.3) is 0 Å². The molecule has 0 radical (unpaired) electrons. The molecule has 0 N–H and O–H groups in total. The Morgan fingerprint density at radius 3 is 2.52 bits per heavy atom. The summed E-state index contributed by atoms with van der Waals surface area (Å²) in [6.07, 6.45) is -0.547. The molecule has 4 rings (SSSR count). The second-order valence-corrected chi connectivity index (χ2v) is 6.37. The van der Waals surface area contributed by atoms with Crippen LogP contribution in [0.3, 0.4) is 0 Å². The Bertz CT molecular complexity index is 966. The number of carbonyl (C=O) groups excluding carboxylic acids is 2. The van der Waals surface area contributed by atoms with E-state index in [9.17, 15) is 9.59 Å². The Morgan fingerprint density at radius 1 is 1.15 bits per heavy atom. The van der Waals surface area contributed by atoms with Crippen molar-refractivity contribution in [1.82, 2.24) is 9.88 Å². The number of nitrogens with zero attached hydrogens (tertiary/aromatic N) is 2. The van der Waals surface area contributed by atoms with Gasteiger partial charge in [-0.05, 0) is 24.6 Å². The lowest BCUT2D eigenvalue weighted by Gasteiger charge is -2.29. The van der Waals surface area contributed by atoms with Crippen molar-refractivity contribution in [2.45, 2.75) is 26.1 Å². The molecular weight excluding hydrogens is 344 g/mol. The average Bonchev–Trinajstić information content (AvgIpc) is 3.15. The third-order valence-corrected chi connectivity index (χ3v) is 4.55. The molecule has 0 saturated heterocycles. The van der Waals surface area contributed by atoms with Crippen molar-refractivity contribution >= 4 is 11.9 Å². The topological polar surface area (TPSA) is 72.6 Å². The van der Waals surface area contributed by atoms with Crippen molar-refractivity contribution in [3.8, 4) is 11.5 Å². The summed E-state index contributed by atoms with van der Waals surface area (Å²) in [6, 6.07) is 18.1. The van der Waals surface area contributed by atoms with Crippen LogP contribution in [0.2, 0.25) is 0 Å². The molecule has 6 heteroatoms. The van der Waals surface area contributed by atoms with Gasteiger partial charge in [-0.25, -0.2) is 9.78 Å². The third kappa shape index (κ3) is 3.33. The van der Waals surface area contributed by atoms with Crippen LogP contribution in [0.15, 0.2) is 65.1 Å². The van der Waals surface area contributed by atoms with Gasteiger partial charge >= 0.3 is 6.09 Å². The summed E-state index contributed by atoms with van der Waals surface area (Å²) in [6.45, 7) is 1.99. The number of ether oxygens (including phenoxy) is 1. The van der Waals surface area contributed by atoms with Gasteiger partial charge in [-0.2, -0.15) is 0 Å². The maximum Gasteiger partial charge on any atom is 0.411 e. The van der Waals surface area contributed by atoms with Crippen molar-refractivity contribution in [2.75, 3.05) is 0 Å². The van der Waals surface area contributed by atoms with Gasteiger partial charge in [0.05, 0.1) is 12.6 Å². The molecule has 1 aromatic heterocycles. The van der Waals surface area contributed by atoms with Crippen molar-refractivity contribution in [1.29, 1.82) is 0 Å². The van der Waals surface area contributed by atoms with Crippen molar-refractivity contribution < 1.29 is 18.7 Å². The van der Waals surface area contributed by atoms with E-state index in [4.69, 9.17) is 9.15 Å². The molecule has 136 valence electrons. The molecule has 0 spiro atoms. The van der Waals surface area contributed by atoms with Gasteiger partial charge in [0, 0.05) is 5.56 Å². The number of benzene rings is 2. The first-order chi connectivity index (χ1) is 13.1. The smallest absolute Gasteiger partial charge is 0.411 e. The first-order valence-corrected chi connectivity index (χ1v) is 8.70. The monoisotopic (exact) mass is 362 g/mol. The molecule has 0 aliphatic carbocycles. The summed E-state index contributed by atoms with van der Waals surface area (Å²) in [5, 5.41) is 0. The molecule has 6 nitrogen and oxygen atoms in total. The quantitative estimate of drug-likeness (QED) is 0.702. The van der Waals surface area contributed by atoms with Crippen LogP contribution in [0.5, 0.6) is 0 Å². The number of carbonyl (C=O) groups is 2. The Labute approximate surface area is 156 Å². The number of ketones is 1. The molecule has 27 heavy (non-hydrogen) atoms. The molecule has 3 aromatic rings. The van der Waals surface area contributed by atoms with Gasteiger partial charge in [-0.3, -0.25) is 9.69 Å². The van der Waals surface area contributed by atoms with E-state index in [1.807, 2.05) is 60.7 Å². The fourth-order valence-corrected chi connectivity index (χ4v) is 3.01. The van der Waals surface area contributed by atoms with Crippen molar-refractivity contribution in [3.05, 3.63) is 77.7 Å². The molecule has 1 atom stereocenters. The molecule has 1 aliphatic heterocycles. The van der Waals surface area contributed by atoms with Crippen LogP contribution in [0.25, 0.3) is 11.5 Å². The summed E-state index contributed by atoms with van der Waals surface area (Å²) in [5.41, 5.74) is 2.12. The zero-order chi connectivity index (χ0) is 18.8. The number of hydrogen-bond acceptors (Lipinski definition) is 5. The van der Waals surface area contributed by atoms with Gasteiger partial charge in [0.15, 0.2) is 5.76 Å². The number of Topliss-reactive ketones (excluding diaryl/α,β-unsaturated/α-hetero) is 1. The lowest BCUT2D eigenvalue weighted by molar-refractivity contribution is 0.0595. The van der Waals surface area contributed by atoms with Gasteiger partial charge in [0.2, 0.25) is 11.7 Å². The van der Waals surface area contributed by atoms with Crippen molar-refractivity contribution in [3.63, 3.8) is 0 Å². The second-order valence-electron chi connectivity index (χ2n) is 6.37. The molecule has 2 aromatic carbocycles. The predicted molar refractivity (Wildman–Crippen MR) is 97.9 cm³/mol. The lowest BCUT2D eigenvalue weighted by atomic mass is 10.0. The van der Waals surface area contributed by atoms with E-state index >= 15 is 0 Å². The van der Waals surface area contributed by atoms with Crippen LogP contribution in [0, 0.1) is 0 Å². The number of hydrogen-bond donors (Lipinski definition) is 0. The van der Waals surface area contributed by atoms with Crippen LogP contribution in [0.4, 0.5) is 4.79 Å². The molecule has 0 saturated carbocycles. The van der Waals surface area contributed by atoms with E-state index in [-0.39, 0.29) is 24.7 Å². The van der Waals surface area contributed by atoms with E-state index in [1.165, 1.54) is 4.90 Å². The van der Waals surface area contributed by atoms with Crippen LogP contribution in [-0.2, 0) is 17.9 Å². The number of aromatic nitrogens is 1. The zero-order valence-electron chi connectivity index (χ0n) is 14.8. The van der Waals surface area contributed by atoms with E-state index < -0.39 is 12.1 Å². The largest absolute Gasteiger partial charge is 0.445 e. The van der Waals surface area contributed by atoms with Gasteiger partial charge in [-0.15, -0.1) is 0 Å². The molecule has 2 heterocycles. The minimum atomic E-state index is -0.669. The highest BCUT2D eigenvalue weighted by Gasteiger charge is 2.38. The molecule has 1 aliphatic rings. The molecule has 0 bridgehead atoms. The normalized spacial score (nSPS) is 16.1. The van der Waals surface area contributed by atoms with Crippen LogP contribution in [0.1, 0.15) is 28.7 Å². The minimum absolute atomic E-state index is 0.151. The van der Waals surface area contributed by atoms with Crippen LogP contribution < -0.4 is 0 Å². The predicted octanol–water partition coefficient (Wildman–Crippen LogP) is 4.07. The van der Waals surface area contributed by atoms with Crippen LogP contribution >= 0.6 is 0 Å². The standard InChI is InChI=1S/C21H18N2O4/c1-14-18(24)19-17(22-20(27-19)16-10-6-3-7-11-16)12-23(14)21(25)26-13-15-8-4-2-5-9-15/h2-11,14H,12-13H2,1H3/t14-/m0/s1. The second kappa shape index (κ2) is 7.07. The molecular formula is C21H18N2O4. The summed E-state index contributed by atoms with van der Waals surface area (Å²) < 4.78 is 11.1. The SMILES string of the molecule is C[C@H]1C(=O)c2oc(-c3ccccc3)nc2CN1C(=O)OCc1ccccc1. The average molecular weight is 362 g/mol. The van der Waals surface area contributed by atoms with Gasteiger partial charge < -0.3 is 9.15 Å². The van der Waals surface area contributed by atoms with E-state index in [0.717, 1.165) is 11.1 Å². The molecule has 0 unspecified atom stereocenters. The number of amides is 1. The summed E-state index contributed by atoms with van der Waals surface area (Å²) in [4.78, 5) is 31.0. The van der Waals surface area contributed by atoms with Crippen molar-refractivity contribution in [2.24, 2.45) is 0 Å². The third-order valence-electron chi connectivity index (χ3n) is 4.55. The lowest BCUT2D eigenvalue weighted by Crippen LogP contribution is -2.46. The highest BCUT2D eigenvalue weighted by molar-refractivity contribution is 6.01. The number of fused-ring (bicyclic) bond motifs is 1. The fourth-order valence-electron chi connectivity index (χ4n) is 3.01. The highest BCUT2D eigenvalue weighted by Crippen LogP contribution is 2.29. The maximum atomic E-state index is 12.7. The van der Waals surface area contributed by atoms with E-state index in [2.05, 4.69) is 4.98 Å². The van der Waals surface area contributed by atoms with Gasteiger partial charge in [-0.1, -0.05) is 48.5 Å². The Balaban J connectivity index is 1.53. The Morgan fingerprint density at radius 2 is 1.81 bits per heavy atom. The summed E-state index contributed by atoms with van der Waals surface area (Å²) >= 11 is 0. The van der Waals surface area contributed by atoms with Crippen LogP contribution in [-0.4, -0.2) is 27.8 Å². The molecule has 1 amide bonds. The summed E-state index contributed by atoms with van der Waals surface area (Å²) in [7, 11) is 0. The Hall–Kier alpha value is -3.41. The number of rotatable bonds is 3. The van der Waals surface area contributed by atoms with Gasteiger partial charge in [0.1, 0.15) is 12.3 Å². The van der Waals surface area contributed by atoms with E-state index in [0.29, 0.717) is 11.6 Å². The minimum Gasteiger partial charge on any atom is -0.445 e. The summed E-state index contributed by atoms with van der Waals surface area (Å²) in [5.74, 6) is 0.316. The highest BCUT2D eigenvalue weighted by atomic mass is 16.6. The van der Waals surface area contributed by atoms with E-state index in [1.54, 1.807) is 6.92 Å². The number of oxazole rings is 1. The Kier molecular flexibility index (Phi) is 4.46. The zero-order valence-corrected chi connectivity index (χ0v) is 14.8.